The Balaban J connectivity index is 2.88. The van der Waals surface area contributed by atoms with E-state index in [0.717, 1.165) is 0 Å². The van der Waals surface area contributed by atoms with Crippen LogP contribution in [0.25, 0.3) is 10.1 Å². The van der Waals surface area contributed by atoms with E-state index in [1.807, 2.05) is 18.5 Å². The second-order valence-corrected chi connectivity index (χ2v) is 4.94. The number of aromatic nitrogens is 1. The van der Waals surface area contributed by atoms with Crippen LogP contribution in [0.2, 0.25) is 0 Å². The number of rotatable bonds is 0. The highest BCUT2D eigenvalue weighted by Crippen LogP contribution is 2.25. The van der Waals surface area contributed by atoms with Crippen molar-refractivity contribution in [3.05, 3.63) is 27.4 Å². The predicted octanol–water partition coefficient (Wildman–Crippen LogP) is 2.90. The topological polar surface area (TPSA) is 12.9 Å². The molecule has 0 bridgehead atoms. The van der Waals surface area contributed by atoms with Gasteiger partial charge in [0.15, 0.2) is 0 Å². The van der Waals surface area contributed by atoms with Crippen molar-refractivity contribution >= 4 is 44.0 Å². The van der Waals surface area contributed by atoms with Crippen LogP contribution in [0.1, 0.15) is 0 Å². The Morgan fingerprint density at radius 2 is 2.40 bits per heavy atom. The molecule has 0 aromatic carbocycles. The average Bonchev–Trinajstić information content (AvgIpc) is 2.27. The first-order chi connectivity index (χ1) is 4.86. The molecular formula is C7H4INS. The Morgan fingerprint density at radius 3 is 3.20 bits per heavy atom. The summed E-state index contributed by atoms with van der Waals surface area (Å²) < 4.78 is 2.64. The lowest BCUT2D eigenvalue weighted by molar-refractivity contribution is 1.37. The van der Waals surface area contributed by atoms with Crippen molar-refractivity contribution in [1.29, 1.82) is 0 Å². The van der Waals surface area contributed by atoms with Crippen molar-refractivity contribution in [2.75, 3.05) is 0 Å². The lowest BCUT2D eigenvalue weighted by Crippen LogP contribution is -1.64. The number of fused-ring (bicyclic) bond motifs is 1. The quantitative estimate of drug-likeness (QED) is 0.664. The molecule has 2 aromatic heterocycles. The van der Waals surface area contributed by atoms with Crippen LogP contribution in [0.15, 0.2) is 24.5 Å². The molecule has 10 heavy (non-hydrogen) atoms. The van der Waals surface area contributed by atoms with E-state index in [9.17, 15) is 0 Å². The van der Waals surface area contributed by atoms with Gasteiger partial charge in [-0.1, -0.05) is 0 Å². The second kappa shape index (κ2) is 2.47. The maximum absolute atomic E-state index is 4.03. The van der Waals surface area contributed by atoms with E-state index in [0.29, 0.717) is 0 Å². The molecule has 0 aliphatic heterocycles. The van der Waals surface area contributed by atoms with Gasteiger partial charge in [-0.2, -0.15) is 0 Å². The molecular weight excluding hydrogens is 257 g/mol. The number of nitrogens with zero attached hydrogens (tertiary/aromatic N) is 1. The summed E-state index contributed by atoms with van der Waals surface area (Å²) in [6.45, 7) is 0. The Labute approximate surface area is 76.2 Å². The molecule has 0 fully saturated rings. The largest absolute Gasteiger partial charge is 0.264 e. The predicted molar refractivity (Wildman–Crippen MR) is 52.3 cm³/mol. The third-order valence-corrected chi connectivity index (χ3v) is 3.16. The summed E-state index contributed by atoms with van der Waals surface area (Å²) in [5.74, 6) is 0. The first-order valence-corrected chi connectivity index (χ1v) is 4.75. The Bertz CT molecular complexity index is 322. The van der Waals surface area contributed by atoms with E-state index in [1.165, 1.54) is 13.0 Å². The highest BCUT2D eigenvalue weighted by molar-refractivity contribution is 14.1. The molecule has 0 aliphatic rings. The molecule has 0 saturated carbocycles. The molecule has 2 rings (SSSR count). The van der Waals surface area contributed by atoms with Gasteiger partial charge in [-0.25, -0.2) is 0 Å². The molecule has 0 amide bonds. The molecule has 0 aliphatic carbocycles. The lowest BCUT2D eigenvalue weighted by atomic mass is 10.4. The zero-order valence-electron chi connectivity index (χ0n) is 5.04. The lowest BCUT2D eigenvalue weighted by Gasteiger charge is -1.81. The molecule has 0 spiro atoms. The summed E-state index contributed by atoms with van der Waals surface area (Å²) in [5.41, 5.74) is 0. The van der Waals surface area contributed by atoms with Gasteiger partial charge in [0.05, 0.1) is 2.88 Å². The molecule has 0 radical (unpaired) electrons. The van der Waals surface area contributed by atoms with Crippen molar-refractivity contribution in [1.82, 2.24) is 4.98 Å². The standard InChI is InChI=1S/C7H4INS/c8-7-3-5-4-9-2-1-6(5)10-7/h1-4H. The Morgan fingerprint density at radius 1 is 1.50 bits per heavy atom. The summed E-state index contributed by atoms with van der Waals surface area (Å²) in [4.78, 5) is 4.03. The first-order valence-electron chi connectivity index (χ1n) is 2.85. The van der Waals surface area contributed by atoms with Gasteiger partial charge in [-0.05, 0) is 34.7 Å². The van der Waals surface area contributed by atoms with E-state index in [2.05, 4.69) is 33.6 Å². The maximum Gasteiger partial charge on any atom is 0.0666 e. The van der Waals surface area contributed by atoms with Gasteiger partial charge in [-0.3, -0.25) is 4.98 Å². The average molecular weight is 261 g/mol. The van der Waals surface area contributed by atoms with Crippen LogP contribution < -0.4 is 0 Å². The normalized spacial score (nSPS) is 10.5. The maximum atomic E-state index is 4.03. The SMILES string of the molecule is Ic1cc2cnccc2s1. The number of hydrogen-bond donors (Lipinski definition) is 0. The Kier molecular flexibility index (Phi) is 1.61. The zero-order valence-corrected chi connectivity index (χ0v) is 8.02. The summed E-state index contributed by atoms with van der Waals surface area (Å²) in [6, 6.07) is 4.19. The van der Waals surface area contributed by atoms with Crippen LogP contribution in [0, 0.1) is 2.88 Å². The zero-order chi connectivity index (χ0) is 6.97. The first kappa shape index (κ1) is 6.54. The minimum absolute atomic E-state index is 1.25. The van der Waals surface area contributed by atoms with E-state index >= 15 is 0 Å². The van der Waals surface area contributed by atoms with E-state index in [-0.39, 0.29) is 0 Å². The molecule has 0 unspecified atom stereocenters. The van der Waals surface area contributed by atoms with Gasteiger partial charge in [0.25, 0.3) is 0 Å². The van der Waals surface area contributed by atoms with E-state index in [1.54, 1.807) is 11.3 Å². The van der Waals surface area contributed by atoms with Crippen LogP contribution in [0.4, 0.5) is 0 Å². The smallest absolute Gasteiger partial charge is 0.0666 e. The highest BCUT2D eigenvalue weighted by Gasteiger charge is 1.95. The Hall–Kier alpha value is -0.160. The number of hydrogen-bond acceptors (Lipinski definition) is 2. The number of thiophene rings is 1. The monoisotopic (exact) mass is 261 g/mol. The van der Waals surface area contributed by atoms with Crippen molar-refractivity contribution < 1.29 is 0 Å². The molecule has 2 aromatic rings. The van der Waals surface area contributed by atoms with Crippen molar-refractivity contribution in [3.63, 3.8) is 0 Å². The second-order valence-electron chi connectivity index (χ2n) is 1.96. The van der Waals surface area contributed by atoms with Gasteiger partial charge in [0.1, 0.15) is 0 Å². The van der Waals surface area contributed by atoms with E-state index < -0.39 is 0 Å². The van der Waals surface area contributed by atoms with Crippen molar-refractivity contribution in [3.8, 4) is 0 Å². The summed E-state index contributed by atoms with van der Waals surface area (Å²) in [5, 5.41) is 1.25. The molecule has 2 heterocycles. The van der Waals surface area contributed by atoms with Crippen molar-refractivity contribution in [2.45, 2.75) is 0 Å². The van der Waals surface area contributed by atoms with Crippen LogP contribution in [-0.4, -0.2) is 4.98 Å². The van der Waals surface area contributed by atoms with Crippen molar-refractivity contribution in [2.24, 2.45) is 0 Å². The van der Waals surface area contributed by atoms with Crippen LogP contribution in [-0.2, 0) is 0 Å². The van der Waals surface area contributed by atoms with Gasteiger partial charge in [0.2, 0.25) is 0 Å². The van der Waals surface area contributed by atoms with Gasteiger partial charge >= 0.3 is 0 Å². The molecule has 0 atom stereocenters. The molecule has 3 heteroatoms. The molecule has 50 valence electrons. The fraction of sp³-hybridized carbons (Fsp3) is 0. The summed E-state index contributed by atoms with van der Waals surface area (Å²) in [6.07, 6.45) is 3.73. The minimum Gasteiger partial charge on any atom is -0.264 e. The third kappa shape index (κ3) is 1.03. The van der Waals surface area contributed by atoms with Gasteiger partial charge in [-0.15, -0.1) is 11.3 Å². The summed E-state index contributed by atoms with van der Waals surface area (Å²) >= 11 is 4.12. The third-order valence-electron chi connectivity index (χ3n) is 1.29. The van der Waals surface area contributed by atoms with Gasteiger partial charge < -0.3 is 0 Å². The minimum atomic E-state index is 1.25. The highest BCUT2D eigenvalue weighted by atomic mass is 127. The van der Waals surface area contributed by atoms with Crippen LogP contribution >= 0.6 is 33.9 Å². The molecule has 1 nitrogen and oxygen atoms in total. The van der Waals surface area contributed by atoms with Crippen LogP contribution in [0.5, 0.6) is 0 Å². The molecule has 0 N–H and O–H groups in total. The van der Waals surface area contributed by atoms with E-state index in [4.69, 9.17) is 0 Å². The fourth-order valence-corrected chi connectivity index (χ4v) is 2.65. The number of pyridine rings is 1. The molecule has 0 saturated heterocycles. The van der Waals surface area contributed by atoms with Crippen LogP contribution in [0.3, 0.4) is 0 Å². The summed E-state index contributed by atoms with van der Waals surface area (Å²) in [7, 11) is 0. The fourth-order valence-electron chi connectivity index (χ4n) is 0.852. The number of halogens is 1. The van der Waals surface area contributed by atoms with Gasteiger partial charge in [0, 0.05) is 22.5 Å².